The molecule has 29 heavy (non-hydrogen) atoms. The molecule has 2 aromatic heterocycles. The van der Waals surface area contributed by atoms with Gasteiger partial charge in [-0.25, -0.2) is 0 Å². The van der Waals surface area contributed by atoms with Gasteiger partial charge in [-0.05, 0) is 48.9 Å². The number of aromatic nitrogens is 2. The van der Waals surface area contributed by atoms with Crippen LogP contribution in [0.2, 0.25) is 5.02 Å². The van der Waals surface area contributed by atoms with Crippen LogP contribution in [-0.4, -0.2) is 9.97 Å². The number of alkyl halides is 6. The molecule has 0 atom stereocenters. The van der Waals surface area contributed by atoms with E-state index in [0.29, 0.717) is 34.2 Å². The van der Waals surface area contributed by atoms with Crippen molar-refractivity contribution in [3.05, 3.63) is 64.4 Å². The molecular weight excluding hydrogens is 418 g/mol. The lowest BCUT2D eigenvalue weighted by Crippen LogP contribution is -2.11. The predicted molar refractivity (Wildman–Crippen MR) is 98.8 cm³/mol. The van der Waals surface area contributed by atoms with Gasteiger partial charge in [-0.1, -0.05) is 11.6 Å². The lowest BCUT2D eigenvalue weighted by atomic mass is 9.97. The van der Waals surface area contributed by atoms with Crippen LogP contribution in [0.25, 0.3) is 32.9 Å². The number of aromatic amines is 1. The van der Waals surface area contributed by atoms with Crippen LogP contribution in [0.3, 0.4) is 0 Å². The van der Waals surface area contributed by atoms with Crippen LogP contribution in [0.5, 0.6) is 0 Å². The number of hydrogen-bond donors (Lipinski definition) is 1. The molecule has 0 aliphatic carbocycles. The van der Waals surface area contributed by atoms with Crippen LogP contribution in [0.4, 0.5) is 26.3 Å². The third kappa shape index (κ3) is 3.42. The SMILES string of the molecule is Cc1nccc2c1[nH]c1c(-c3cc(C(F)(F)F)cc(C(F)(F)F)c3)cc(Cl)cc12. The number of hydrogen-bond acceptors (Lipinski definition) is 1. The molecule has 4 aromatic rings. The number of pyridine rings is 1. The van der Waals surface area contributed by atoms with Gasteiger partial charge in [0.05, 0.1) is 27.9 Å². The van der Waals surface area contributed by atoms with Gasteiger partial charge in [-0.15, -0.1) is 0 Å². The van der Waals surface area contributed by atoms with Gasteiger partial charge in [0, 0.05) is 27.6 Å². The summed E-state index contributed by atoms with van der Waals surface area (Å²) in [6.45, 7) is 1.74. The van der Waals surface area contributed by atoms with E-state index in [0.717, 1.165) is 5.39 Å². The standard InChI is InChI=1S/C20H11ClF6N2/c1-9-17-14(2-3-28-9)16-8-13(21)7-15(18(16)29-17)10-4-11(19(22,23)24)6-12(5-10)20(25,26)27/h2-8,29H,1H3. The second-order valence-electron chi connectivity index (χ2n) is 6.61. The molecule has 150 valence electrons. The zero-order valence-corrected chi connectivity index (χ0v) is 15.4. The molecule has 0 amide bonds. The second kappa shape index (κ2) is 6.38. The number of rotatable bonds is 1. The van der Waals surface area contributed by atoms with Gasteiger partial charge in [0.25, 0.3) is 0 Å². The van der Waals surface area contributed by atoms with Crippen LogP contribution >= 0.6 is 11.6 Å². The monoisotopic (exact) mass is 428 g/mol. The molecule has 0 aliphatic heterocycles. The Balaban J connectivity index is 2.09. The second-order valence-corrected chi connectivity index (χ2v) is 7.05. The minimum absolute atomic E-state index is 0.102. The lowest BCUT2D eigenvalue weighted by Gasteiger charge is -2.15. The van der Waals surface area contributed by atoms with E-state index in [1.807, 2.05) is 0 Å². The van der Waals surface area contributed by atoms with Crippen molar-refractivity contribution >= 4 is 33.4 Å². The fourth-order valence-electron chi connectivity index (χ4n) is 3.37. The van der Waals surface area contributed by atoms with Crippen molar-refractivity contribution in [1.29, 1.82) is 0 Å². The average molecular weight is 429 g/mol. The Kier molecular flexibility index (Phi) is 4.31. The van der Waals surface area contributed by atoms with Crippen LogP contribution < -0.4 is 0 Å². The fraction of sp³-hybridized carbons (Fsp3) is 0.150. The van der Waals surface area contributed by atoms with Crippen molar-refractivity contribution in [2.75, 3.05) is 0 Å². The van der Waals surface area contributed by atoms with Gasteiger partial charge in [0.15, 0.2) is 0 Å². The van der Waals surface area contributed by atoms with E-state index in [1.165, 1.54) is 6.07 Å². The molecule has 0 bridgehead atoms. The Hall–Kier alpha value is -2.74. The van der Waals surface area contributed by atoms with Crippen molar-refractivity contribution < 1.29 is 26.3 Å². The van der Waals surface area contributed by atoms with Crippen molar-refractivity contribution in [1.82, 2.24) is 9.97 Å². The normalized spacial score (nSPS) is 12.8. The van der Waals surface area contributed by atoms with Crippen LogP contribution in [-0.2, 0) is 12.4 Å². The first-order valence-electron chi connectivity index (χ1n) is 8.31. The summed E-state index contributed by atoms with van der Waals surface area (Å²) >= 11 is 6.16. The van der Waals surface area contributed by atoms with Gasteiger partial charge in [-0.2, -0.15) is 26.3 Å². The average Bonchev–Trinajstić information content (AvgIpc) is 2.99. The number of nitrogens with zero attached hydrogens (tertiary/aromatic N) is 1. The molecule has 0 radical (unpaired) electrons. The van der Waals surface area contributed by atoms with Crippen molar-refractivity contribution in [2.24, 2.45) is 0 Å². The third-order valence-electron chi connectivity index (χ3n) is 4.68. The Morgan fingerprint density at radius 3 is 2.03 bits per heavy atom. The molecule has 0 unspecified atom stereocenters. The zero-order valence-electron chi connectivity index (χ0n) is 14.6. The molecular formula is C20H11ClF6N2. The minimum atomic E-state index is -4.94. The summed E-state index contributed by atoms with van der Waals surface area (Å²) in [4.78, 5) is 7.23. The summed E-state index contributed by atoms with van der Waals surface area (Å²) < 4.78 is 79.5. The van der Waals surface area contributed by atoms with Gasteiger partial charge in [-0.3, -0.25) is 4.98 Å². The maximum Gasteiger partial charge on any atom is 0.416 e. The van der Waals surface area contributed by atoms with Gasteiger partial charge in [0.1, 0.15) is 0 Å². The van der Waals surface area contributed by atoms with E-state index in [-0.39, 0.29) is 22.2 Å². The first-order chi connectivity index (χ1) is 13.4. The molecule has 9 heteroatoms. The predicted octanol–water partition coefficient (Wildman–Crippen LogP) is 7.38. The third-order valence-corrected chi connectivity index (χ3v) is 4.90. The zero-order chi connectivity index (χ0) is 21.1. The number of halogens is 7. The van der Waals surface area contributed by atoms with Gasteiger partial charge in [0.2, 0.25) is 0 Å². The largest absolute Gasteiger partial charge is 0.416 e. The molecule has 0 spiro atoms. The Morgan fingerprint density at radius 2 is 1.45 bits per heavy atom. The van der Waals surface area contributed by atoms with E-state index in [9.17, 15) is 26.3 Å². The van der Waals surface area contributed by atoms with Crippen LogP contribution in [0, 0.1) is 6.92 Å². The van der Waals surface area contributed by atoms with E-state index in [4.69, 9.17) is 11.6 Å². The van der Waals surface area contributed by atoms with E-state index >= 15 is 0 Å². The summed E-state index contributed by atoms with van der Waals surface area (Å²) in [6.07, 6.45) is -8.30. The maximum absolute atomic E-state index is 13.3. The number of aryl methyl sites for hydroxylation is 1. The molecule has 1 N–H and O–H groups in total. The molecule has 0 saturated heterocycles. The van der Waals surface area contributed by atoms with E-state index in [1.54, 1.807) is 25.3 Å². The maximum atomic E-state index is 13.3. The smallest absolute Gasteiger partial charge is 0.353 e. The van der Waals surface area contributed by atoms with Gasteiger partial charge >= 0.3 is 12.4 Å². The quantitative estimate of drug-likeness (QED) is 0.315. The summed E-state index contributed by atoms with van der Waals surface area (Å²) in [5, 5.41) is 1.49. The van der Waals surface area contributed by atoms with E-state index in [2.05, 4.69) is 9.97 Å². The minimum Gasteiger partial charge on any atom is -0.353 e. The number of nitrogens with one attached hydrogen (secondary N) is 1. The highest BCUT2D eigenvalue weighted by atomic mass is 35.5. The highest BCUT2D eigenvalue weighted by Gasteiger charge is 2.37. The molecule has 2 heterocycles. The highest BCUT2D eigenvalue weighted by molar-refractivity contribution is 6.32. The molecule has 4 rings (SSSR count). The molecule has 0 saturated carbocycles. The molecule has 2 aromatic carbocycles. The molecule has 0 fully saturated rings. The van der Waals surface area contributed by atoms with Crippen LogP contribution in [0.15, 0.2) is 42.6 Å². The Bertz CT molecular complexity index is 1220. The summed E-state index contributed by atoms with van der Waals surface area (Å²) in [7, 11) is 0. The van der Waals surface area contributed by atoms with Gasteiger partial charge < -0.3 is 4.98 Å². The molecule has 0 aliphatic rings. The van der Waals surface area contributed by atoms with Crippen LogP contribution in [0.1, 0.15) is 16.8 Å². The van der Waals surface area contributed by atoms with Crippen molar-refractivity contribution in [3.8, 4) is 11.1 Å². The Morgan fingerprint density at radius 1 is 0.828 bits per heavy atom. The first-order valence-corrected chi connectivity index (χ1v) is 8.69. The first kappa shape index (κ1) is 19.6. The number of H-pyrrole nitrogens is 1. The highest BCUT2D eigenvalue weighted by Crippen LogP contribution is 2.42. The summed E-state index contributed by atoms with van der Waals surface area (Å²) in [5.74, 6) is 0. The number of fused-ring (bicyclic) bond motifs is 3. The summed E-state index contributed by atoms with van der Waals surface area (Å²) in [5.41, 5.74) is -1.21. The van der Waals surface area contributed by atoms with Crippen molar-refractivity contribution in [2.45, 2.75) is 19.3 Å². The summed E-state index contributed by atoms with van der Waals surface area (Å²) in [6, 6.07) is 6.14. The molecule has 2 nitrogen and oxygen atoms in total. The fourth-order valence-corrected chi connectivity index (χ4v) is 3.58. The number of benzene rings is 2. The topological polar surface area (TPSA) is 28.7 Å². The Labute approximate surface area is 165 Å². The lowest BCUT2D eigenvalue weighted by molar-refractivity contribution is -0.143. The van der Waals surface area contributed by atoms with Crippen molar-refractivity contribution in [3.63, 3.8) is 0 Å². The van der Waals surface area contributed by atoms with E-state index < -0.39 is 23.5 Å².